The van der Waals surface area contributed by atoms with E-state index in [4.69, 9.17) is 0 Å². The SMILES string of the molecule is Cc1ccc(C2=N[C@@H](N3C(=O)[C@@H](CCC(F)(F)F)[C@@H](CCC(F)(F)F)C3=O)C(=O)Nc3ccccc32)cc1. The molecule has 0 unspecified atom stereocenters. The summed E-state index contributed by atoms with van der Waals surface area (Å²) in [6, 6.07) is 13.5. The van der Waals surface area contributed by atoms with Crippen LogP contribution in [0.4, 0.5) is 32.0 Å². The number of benzodiazepines with no additional fused rings is 1. The summed E-state index contributed by atoms with van der Waals surface area (Å²) in [4.78, 5) is 44.6. The normalized spacial score (nSPS) is 22.2. The maximum absolute atomic E-state index is 13.3. The number of benzene rings is 2. The lowest BCUT2D eigenvalue weighted by Gasteiger charge is -2.22. The van der Waals surface area contributed by atoms with E-state index in [2.05, 4.69) is 10.3 Å². The molecule has 202 valence electrons. The Morgan fingerprint density at radius 1 is 0.816 bits per heavy atom. The zero-order chi connectivity index (χ0) is 27.8. The van der Waals surface area contributed by atoms with Gasteiger partial charge >= 0.3 is 12.4 Å². The lowest BCUT2D eigenvalue weighted by Crippen LogP contribution is -2.46. The molecule has 1 fully saturated rings. The maximum atomic E-state index is 13.3. The molecular formula is C26H23F6N3O3. The first-order valence-corrected chi connectivity index (χ1v) is 11.8. The molecule has 2 aliphatic rings. The van der Waals surface area contributed by atoms with Gasteiger partial charge in [-0.25, -0.2) is 9.89 Å². The summed E-state index contributed by atoms with van der Waals surface area (Å²) in [6.45, 7) is 1.85. The second kappa shape index (κ2) is 10.2. The molecule has 6 nitrogen and oxygen atoms in total. The number of aryl methyl sites for hydroxylation is 1. The summed E-state index contributed by atoms with van der Waals surface area (Å²) in [7, 11) is 0. The number of hydrogen-bond donors (Lipinski definition) is 1. The molecule has 0 radical (unpaired) electrons. The van der Waals surface area contributed by atoms with E-state index in [1.54, 1.807) is 48.5 Å². The summed E-state index contributed by atoms with van der Waals surface area (Å²) in [5.41, 5.74) is 2.47. The average molecular weight is 539 g/mol. The Kier molecular flexibility index (Phi) is 7.35. The van der Waals surface area contributed by atoms with Crippen LogP contribution in [-0.2, 0) is 14.4 Å². The van der Waals surface area contributed by atoms with Gasteiger partial charge in [0, 0.05) is 24.0 Å². The van der Waals surface area contributed by atoms with Crippen LogP contribution < -0.4 is 5.32 Å². The highest BCUT2D eigenvalue weighted by atomic mass is 19.4. The van der Waals surface area contributed by atoms with Crippen molar-refractivity contribution in [2.75, 3.05) is 5.32 Å². The molecule has 3 amide bonds. The molecule has 3 atom stereocenters. The van der Waals surface area contributed by atoms with Gasteiger partial charge in [-0.15, -0.1) is 0 Å². The van der Waals surface area contributed by atoms with Crippen molar-refractivity contribution < 1.29 is 40.7 Å². The van der Waals surface area contributed by atoms with Crippen LogP contribution >= 0.6 is 0 Å². The molecule has 4 rings (SSSR count). The molecule has 1 saturated heterocycles. The van der Waals surface area contributed by atoms with E-state index in [1.807, 2.05) is 6.92 Å². The van der Waals surface area contributed by atoms with E-state index in [9.17, 15) is 40.7 Å². The molecule has 0 spiro atoms. The van der Waals surface area contributed by atoms with Crippen molar-refractivity contribution in [1.29, 1.82) is 0 Å². The smallest absolute Gasteiger partial charge is 0.322 e. The highest BCUT2D eigenvalue weighted by molar-refractivity contribution is 6.21. The van der Waals surface area contributed by atoms with Gasteiger partial charge in [-0.1, -0.05) is 48.0 Å². The first-order valence-electron chi connectivity index (χ1n) is 11.8. The Hall–Kier alpha value is -3.70. The number of nitrogens with zero attached hydrogens (tertiary/aromatic N) is 2. The summed E-state index contributed by atoms with van der Waals surface area (Å²) < 4.78 is 77.7. The van der Waals surface area contributed by atoms with Crippen LogP contribution in [0.1, 0.15) is 42.4 Å². The Morgan fingerprint density at radius 2 is 1.34 bits per heavy atom. The zero-order valence-electron chi connectivity index (χ0n) is 20.1. The molecule has 2 aliphatic heterocycles. The fraction of sp³-hybridized carbons (Fsp3) is 0.385. The number of likely N-dealkylation sites (tertiary alicyclic amines) is 1. The number of anilines is 1. The molecule has 0 bridgehead atoms. The van der Waals surface area contributed by atoms with Crippen molar-refractivity contribution in [1.82, 2.24) is 4.90 Å². The fourth-order valence-electron chi connectivity index (χ4n) is 4.70. The molecule has 1 N–H and O–H groups in total. The number of nitrogens with one attached hydrogen (secondary N) is 1. The first kappa shape index (κ1) is 27.3. The predicted octanol–water partition coefficient (Wildman–Crippen LogP) is 5.40. The number of rotatable bonds is 6. The highest BCUT2D eigenvalue weighted by Crippen LogP contribution is 2.40. The van der Waals surface area contributed by atoms with E-state index in [1.165, 1.54) is 0 Å². The zero-order valence-corrected chi connectivity index (χ0v) is 20.1. The van der Waals surface area contributed by atoms with Crippen molar-refractivity contribution in [3.05, 3.63) is 65.2 Å². The molecule has 0 aliphatic carbocycles. The minimum absolute atomic E-state index is 0.232. The number of amides is 3. The van der Waals surface area contributed by atoms with Gasteiger partial charge in [0.05, 0.1) is 23.2 Å². The number of halogens is 6. The van der Waals surface area contributed by atoms with Gasteiger partial charge in [0.1, 0.15) is 0 Å². The van der Waals surface area contributed by atoms with Gasteiger partial charge in [0.15, 0.2) is 0 Å². The fourth-order valence-corrected chi connectivity index (χ4v) is 4.70. The Labute approximate surface area is 213 Å². The third-order valence-electron chi connectivity index (χ3n) is 6.57. The lowest BCUT2D eigenvalue weighted by atomic mass is 9.87. The lowest BCUT2D eigenvalue weighted by molar-refractivity contribution is -0.147. The molecule has 12 heteroatoms. The second-order valence-corrected chi connectivity index (χ2v) is 9.32. The van der Waals surface area contributed by atoms with Crippen LogP contribution in [0, 0.1) is 18.8 Å². The van der Waals surface area contributed by atoms with E-state index < -0.39 is 73.8 Å². The van der Waals surface area contributed by atoms with Crippen LogP contribution in [0.25, 0.3) is 0 Å². The maximum Gasteiger partial charge on any atom is 0.389 e. The highest BCUT2D eigenvalue weighted by Gasteiger charge is 2.53. The van der Waals surface area contributed by atoms with Crippen LogP contribution in [0.5, 0.6) is 0 Å². The van der Waals surface area contributed by atoms with Crippen LogP contribution in [0.2, 0.25) is 0 Å². The van der Waals surface area contributed by atoms with Gasteiger partial charge in [-0.05, 0) is 25.8 Å². The van der Waals surface area contributed by atoms with Crippen LogP contribution in [0.3, 0.4) is 0 Å². The standard InChI is InChI=1S/C26H23F6N3O3/c1-14-6-8-15(9-7-14)20-18-4-2-3-5-19(18)33-22(36)21(34-20)35-23(37)16(10-12-25(27,28)29)17(24(35)38)11-13-26(30,31)32/h2-9,16-17,21H,10-13H2,1H3,(H,33,36)/t16-,17+,21-/m0/s1. The number of fused-ring (bicyclic) bond motifs is 1. The number of carbonyl (C=O) groups excluding carboxylic acids is 3. The van der Waals surface area contributed by atoms with Gasteiger partial charge in [0.25, 0.3) is 5.91 Å². The first-order chi connectivity index (χ1) is 17.7. The van der Waals surface area contributed by atoms with Crippen LogP contribution in [-0.4, -0.2) is 46.9 Å². The molecule has 2 aromatic carbocycles. The molecule has 0 aromatic heterocycles. The number of alkyl halides is 6. The van der Waals surface area contributed by atoms with E-state index in [-0.39, 0.29) is 5.71 Å². The van der Waals surface area contributed by atoms with E-state index >= 15 is 0 Å². The van der Waals surface area contributed by atoms with E-state index in [0.29, 0.717) is 21.7 Å². The Bertz CT molecular complexity index is 1230. The van der Waals surface area contributed by atoms with Gasteiger partial charge in [-0.2, -0.15) is 26.3 Å². The number of para-hydroxylation sites is 1. The Morgan fingerprint density at radius 3 is 1.87 bits per heavy atom. The van der Waals surface area contributed by atoms with Crippen LogP contribution in [0.15, 0.2) is 53.5 Å². The third-order valence-corrected chi connectivity index (χ3v) is 6.57. The van der Waals surface area contributed by atoms with E-state index in [0.717, 1.165) is 5.56 Å². The minimum Gasteiger partial charge on any atom is -0.322 e. The third kappa shape index (κ3) is 5.89. The van der Waals surface area contributed by atoms with Crippen molar-refractivity contribution in [3.8, 4) is 0 Å². The number of imide groups is 1. The predicted molar refractivity (Wildman–Crippen MR) is 125 cm³/mol. The van der Waals surface area contributed by atoms with Crippen molar-refractivity contribution >= 4 is 29.1 Å². The number of hydrogen-bond acceptors (Lipinski definition) is 4. The molecule has 2 heterocycles. The summed E-state index contributed by atoms with van der Waals surface area (Å²) in [5.74, 6) is -6.53. The quantitative estimate of drug-likeness (QED) is 0.395. The van der Waals surface area contributed by atoms with Gasteiger partial charge < -0.3 is 5.32 Å². The average Bonchev–Trinajstić information content (AvgIpc) is 2.96. The number of aliphatic imine (C=N–C) groups is 1. The molecule has 38 heavy (non-hydrogen) atoms. The molecule has 2 aromatic rings. The number of carbonyl (C=O) groups is 3. The second-order valence-electron chi connectivity index (χ2n) is 9.32. The largest absolute Gasteiger partial charge is 0.389 e. The summed E-state index contributed by atoms with van der Waals surface area (Å²) in [5, 5.41) is 2.58. The topological polar surface area (TPSA) is 78.8 Å². The molecular weight excluding hydrogens is 516 g/mol. The van der Waals surface area contributed by atoms with Crippen molar-refractivity contribution in [3.63, 3.8) is 0 Å². The van der Waals surface area contributed by atoms with Crippen molar-refractivity contribution in [2.24, 2.45) is 16.8 Å². The summed E-state index contributed by atoms with van der Waals surface area (Å²) in [6.07, 6.45) is -15.9. The summed E-state index contributed by atoms with van der Waals surface area (Å²) >= 11 is 0. The van der Waals surface area contributed by atoms with Gasteiger partial charge in [-0.3, -0.25) is 14.4 Å². The Balaban J connectivity index is 1.76. The minimum atomic E-state index is -4.69. The van der Waals surface area contributed by atoms with Crippen molar-refractivity contribution in [2.45, 2.75) is 51.1 Å². The monoisotopic (exact) mass is 539 g/mol. The van der Waals surface area contributed by atoms with Gasteiger partial charge in [0.2, 0.25) is 18.0 Å². The molecule has 0 saturated carbocycles.